The Morgan fingerprint density at radius 1 is 1.11 bits per heavy atom. The maximum Gasteiger partial charge on any atom is 0.242 e. The maximum atomic E-state index is 13.3. The van der Waals surface area contributed by atoms with E-state index in [4.69, 9.17) is 9.47 Å². The summed E-state index contributed by atoms with van der Waals surface area (Å²) >= 11 is 0. The average molecular weight is 508 g/mol. The third-order valence-electron chi connectivity index (χ3n) is 5.69. The van der Waals surface area contributed by atoms with Crippen LogP contribution < -0.4 is 19.1 Å². The van der Waals surface area contributed by atoms with E-state index in [1.807, 2.05) is 0 Å². The minimum Gasteiger partial charge on any atom is -0.454 e. The van der Waals surface area contributed by atoms with Gasteiger partial charge in [0.1, 0.15) is 11.9 Å². The van der Waals surface area contributed by atoms with E-state index in [1.54, 1.807) is 37.3 Å². The molecule has 2 aromatic rings. The predicted molar refractivity (Wildman–Crippen MR) is 129 cm³/mol. The van der Waals surface area contributed by atoms with Crippen molar-refractivity contribution in [2.24, 2.45) is 0 Å². The summed E-state index contributed by atoms with van der Waals surface area (Å²) in [7, 11) is -2.13. The molecule has 9 nitrogen and oxygen atoms in total. The Balaban J connectivity index is 1.74. The third-order valence-corrected chi connectivity index (χ3v) is 6.89. The molecule has 2 aromatic carbocycles. The van der Waals surface area contributed by atoms with Crippen LogP contribution in [0, 0.1) is 5.82 Å². The summed E-state index contributed by atoms with van der Waals surface area (Å²) < 4.78 is 50.1. The zero-order valence-electron chi connectivity index (χ0n) is 20.0. The van der Waals surface area contributed by atoms with Crippen LogP contribution in [0.25, 0.3) is 0 Å². The van der Waals surface area contributed by atoms with Crippen LogP contribution in [-0.2, 0) is 26.2 Å². The Labute approximate surface area is 204 Å². The van der Waals surface area contributed by atoms with E-state index in [1.165, 1.54) is 28.4 Å². The van der Waals surface area contributed by atoms with Gasteiger partial charge in [0.2, 0.25) is 28.6 Å². The normalized spacial score (nSPS) is 13.3. The molecule has 1 N–H and O–H groups in total. The lowest BCUT2D eigenvalue weighted by atomic mass is 10.1. The Morgan fingerprint density at radius 2 is 1.80 bits per heavy atom. The highest BCUT2D eigenvalue weighted by molar-refractivity contribution is 7.92. The van der Waals surface area contributed by atoms with Crippen LogP contribution in [0.2, 0.25) is 0 Å². The number of amides is 2. The summed E-state index contributed by atoms with van der Waals surface area (Å²) in [5, 5.41) is 2.58. The van der Waals surface area contributed by atoms with E-state index in [9.17, 15) is 22.4 Å². The van der Waals surface area contributed by atoms with Gasteiger partial charge >= 0.3 is 0 Å². The lowest BCUT2D eigenvalue weighted by molar-refractivity contribution is -0.141. The van der Waals surface area contributed by atoms with Crippen LogP contribution in [0.15, 0.2) is 42.5 Å². The van der Waals surface area contributed by atoms with Crippen molar-refractivity contribution in [2.75, 3.05) is 30.9 Å². The van der Waals surface area contributed by atoms with Crippen molar-refractivity contribution in [3.05, 3.63) is 53.8 Å². The molecule has 190 valence electrons. The SMILES string of the molecule is CC[C@@H](C(=O)NC)N(Cc1ccc(F)cc1)C(=O)CCCN(c1ccc2c(c1)OCO2)S(C)(=O)=O. The largest absolute Gasteiger partial charge is 0.454 e. The van der Waals surface area contributed by atoms with Crippen molar-refractivity contribution in [3.8, 4) is 11.5 Å². The molecule has 0 saturated carbocycles. The standard InChI is InChI=1S/C24H30FN3O6S/c1-4-20(24(30)26-2)27(15-17-7-9-18(25)10-8-17)23(29)6-5-13-28(35(3,31)32)19-11-12-21-22(14-19)34-16-33-21/h7-12,14,20H,4-6,13,15-16H2,1-3H3,(H,26,30)/t20-/m0/s1. The van der Waals surface area contributed by atoms with Gasteiger partial charge in [-0.25, -0.2) is 12.8 Å². The van der Waals surface area contributed by atoms with Gasteiger partial charge in [0.15, 0.2) is 11.5 Å². The van der Waals surface area contributed by atoms with E-state index in [-0.39, 0.29) is 44.5 Å². The average Bonchev–Trinajstić information content (AvgIpc) is 3.29. The number of carbonyl (C=O) groups is 2. The van der Waals surface area contributed by atoms with Crippen molar-refractivity contribution in [2.45, 2.75) is 38.8 Å². The zero-order valence-corrected chi connectivity index (χ0v) is 20.8. The first-order valence-electron chi connectivity index (χ1n) is 11.3. The lowest BCUT2D eigenvalue weighted by Gasteiger charge is -2.30. The molecule has 1 aliphatic rings. The zero-order chi connectivity index (χ0) is 25.6. The number of rotatable bonds is 11. The van der Waals surface area contributed by atoms with Gasteiger partial charge in [-0.2, -0.15) is 0 Å². The fraction of sp³-hybridized carbons (Fsp3) is 0.417. The van der Waals surface area contributed by atoms with Crippen molar-refractivity contribution >= 4 is 27.5 Å². The van der Waals surface area contributed by atoms with E-state index in [0.717, 1.165) is 6.26 Å². The summed E-state index contributed by atoms with van der Waals surface area (Å²) in [5.41, 5.74) is 1.09. The number of sulfonamides is 1. The number of anilines is 1. The highest BCUT2D eigenvalue weighted by Crippen LogP contribution is 2.36. The molecule has 3 rings (SSSR count). The van der Waals surface area contributed by atoms with Crippen LogP contribution in [-0.4, -0.2) is 57.8 Å². The molecule has 0 aromatic heterocycles. The molecular weight excluding hydrogens is 477 g/mol. The van der Waals surface area contributed by atoms with Crippen molar-refractivity contribution in [3.63, 3.8) is 0 Å². The van der Waals surface area contributed by atoms with Crippen LogP contribution in [0.5, 0.6) is 11.5 Å². The molecule has 2 amide bonds. The number of carbonyl (C=O) groups excluding carboxylic acids is 2. The van der Waals surface area contributed by atoms with E-state index < -0.39 is 21.9 Å². The van der Waals surface area contributed by atoms with E-state index in [0.29, 0.717) is 29.2 Å². The number of hydrogen-bond donors (Lipinski definition) is 1. The Kier molecular flexibility index (Phi) is 8.55. The second kappa shape index (κ2) is 11.4. The number of benzene rings is 2. The molecule has 0 spiro atoms. The Morgan fingerprint density at radius 3 is 2.43 bits per heavy atom. The van der Waals surface area contributed by atoms with Crippen molar-refractivity contribution < 1.29 is 31.9 Å². The molecule has 0 unspecified atom stereocenters. The predicted octanol–water partition coefficient (Wildman–Crippen LogP) is 2.65. The first kappa shape index (κ1) is 26.3. The van der Waals surface area contributed by atoms with Crippen LogP contribution in [0.1, 0.15) is 31.7 Å². The summed E-state index contributed by atoms with van der Waals surface area (Å²) in [5.74, 6) is -0.0120. The number of nitrogens with zero attached hydrogens (tertiary/aromatic N) is 2. The minimum atomic E-state index is -3.63. The number of likely N-dealkylation sites (N-methyl/N-ethyl adjacent to an activating group) is 1. The second-order valence-electron chi connectivity index (χ2n) is 8.16. The van der Waals surface area contributed by atoms with Gasteiger partial charge in [-0.15, -0.1) is 0 Å². The van der Waals surface area contributed by atoms with Crippen molar-refractivity contribution in [1.29, 1.82) is 0 Å². The summed E-state index contributed by atoms with van der Waals surface area (Å²) in [4.78, 5) is 27.1. The van der Waals surface area contributed by atoms with Gasteiger partial charge < -0.3 is 19.7 Å². The van der Waals surface area contributed by atoms with Crippen LogP contribution in [0.3, 0.4) is 0 Å². The summed E-state index contributed by atoms with van der Waals surface area (Å²) in [6.07, 6.45) is 1.73. The van der Waals surface area contributed by atoms with Crippen LogP contribution >= 0.6 is 0 Å². The van der Waals surface area contributed by atoms with Gasteiger partial charge in [0.05, 0.1) is 11.9 Å². The van der Waals surface area contributed by atoms with E-state index >= 15 is 0 Å². The van der Waals surface area contributed by atoms with Gasteiger partial charge in [-0.1, -0.05) is 19.1 Å². The molecule has 0 bridgehead atoms. The molecule has 0 saturated heterocycles. The van der Waals surface area contributed by atoms with Gasteiger partial charge in [-0.3, -0.25) is 13.9 Å². The Hall–Kier alpha value is -3.34. The van der Waals surface area contributed by atoms with Gasteiger partial charge in [0.25, 0.3) is 0 Å². The number of halogens is 1. The molecule has 35 heavy (non-hydrogen) atoms. The molecule has 1 heterocycles. The molecule has 0 aliphatic carbocycles. The monoisotopic (exact) mass is 507 g/mol. The molecule has 0 radical (unpaired) electrons. The Bertz CT molecular complexity index is 1160. The summed E-state index contributed by atoms with van der Waals surface area (Å²) in [6, 6.07) is 9.87. The van der Waals surface area contributed by atoms with Crippen molar-refractivity contribution in [1.82, 2.24) is 10.2 Å². The van der Waals surface area contributed by atoms with Crippen LogP contribution in [0.4, 0.5) is 10.1 Å². The lowest BCUT2D eigenvalue weighted by Crippen LogP contribution is -2.48. The second-order valence-corrected chi connectivity index (χ2v) is 10.1. The fourth-order valence-electron chi connectivity index (χ4n) is 3.92. The third kappa shape index (κ3) is 6.62. The summed E-state index contributed by atoms with van der Waals surface area (Å²) in [6.45, 7) is 2.06. The maximum absolute atomic E-state index is 13.3. The smallest absolute Gasteiger partial charge is 0.242 e. The number of nitrogens with one attached hydrogen (secondary N) is 1. The minimum absolute atomic E-state index is 0.0191. The highest BCUT2D eigenvalue weighted by Gasteiger charge is 2.28. The fourth-order valence-corrected chi connectivity index (χ4v) is 4.87. The molecule has 0 fully saturated rings. The topological polar surface area (TPSA) is 105 Å². The quantitative estimate of drug-likeness (QED) is 0.501. The highest BCUT2D eigenvalue weighted by atomic mass is 32.2. The first-order valence-corrected chi connectivity index (χ1v) is 13.1. The first-order chi connectivity index (χ1) is 16.6. The molecular formula is C24H30FN3O6S. The molecule has 1 aliphatic heterocycles. The number of fused-ring (bicyclic) bond motifs is 1. The molecule has 11 heteroatoms. The molecule has 1 atom stereocenters. The van der Waals surface area contributed by atoms with Gasteiger partial charge in [-0.05, 0) is 42.7 Å². The number of hydrogen-bond acceptors (Lipinski definition) is 6. The van der Waals surface area contributed by atoms with Gasteiger partial charge in [0, 0.05) is 32.6 Å². The van der Waals surface area contributed by atoms with E-state index in [2.05, 4.69) is 5.32 Å². The number of ether oxygens (including phenoxy) is 2.